The van der Waals surface area contributed by atoms with Crippen LogP contribution in [0.5, 0.6) is 0 Å². The number of rotatable bonds is 4. The van der Waals surface area contributed by atoms with E-state index in [1.165, 1.54) is 0 Å². The highest BCUT2D eigenvalue weighted by molar-refractivity contribution is 6.01. The number of ketones is 1. The number of carbonyl (C=O) groups excluding carboxylic acids is 3. The van der Waals surface area contributed by atoms with Gasteiger partial charge in [0.15, 0.2) is 5.78 Å². The van der Waals surface area contributed by atoms with E-state index in [9.17, 15) is 14.4 Å². The molecular weight excluding hydrogens is 272 g/mol. The second kappa shape index (κ2) is 6.41. The molecule has 0 amide bonds. The van der Waals surface area contributed by atoms with Gasteiger partial charge in [-0.3, -0.25) is 14.4 Å². The van der Waals surface area contributed by atoms with Crippen molar-refractivity contribution in [2.45, 2.75) is 33.6 Å². The number of Topliss-reactive ketones (excluding diaryl/α,β-unsaturated/α-hetero) is 1. The van der Waals surface area contributed by atoms with Crippen molar-refractivity contribution in [3.05, 3.63) is 11.6 Å². The third-order valence-electron chi connectivity index (χ3n) is 4.34. The molecule has 116 valence electrons. The molecule has 0 unspecified atom stereocenters. The molecule has 0 radical (unpaired) electrons. The van der Waals surface area contributed by atoms with Gasteiger partial charge in [0.25, 0.3) is 0 Å². The van der Waals surface area contributed by atoms with Crippen LogP contribution >= 0.6 is 0 Å². The molecule has 2 aliphatic carbocycles. The summed E-state index contributed by atoms with van der Waals surface area (Å²) in [4.78, 5) is 36.8. The molecule has 0 aromatic heterocycles. The van der Waals surface area contributed by atoms with Gasteiger partial charge in [0.1, 0.15) is 0 Å². The molecular formula is C16H22O5. The average molecular weight is 294 g/mol. The lowest BCUT2D eigenvalue weighted by molar-refractivity contribution is -0.167. The lowest BCUT2D eigenvalue weighted by Crippen LogP contribution is -2.47. The number of ether oxygens (including phenoxy) is 2. The van der Waals surface area contributed by atoms with Crippen LogP contribution in [-0.4, -0.2) is 30.9 Å². The van der Waals surface area contributed by atoms with Crippen LogP contribution in [0.4, 0.5) is 0 Å². The van der Waals surface area contributed by atoms with Crippen LogP contribution in [-0.2, 0) is 23.9 Å². The molecule has 4 atom stereocenters. The summed E-state index contributed by atoms with van der Waals surface area (Å²) in [7, 11) is 0. The molecule has 1 saturated carbocycles. The van der Waals surface area contributed by atoms with E-state index in [1.54, 1.807) is 20.8 Å². The van der Waals surface area contributed by atoms with Gasteiger partial charge in [-0.2, -0.15) is 0 Å². The van der Waals surface area contributed by atoms with Crippen LogP contribution in [0, 0.1) is 23.7 Å². The number of allylic oxidation sites excluding steroid dienone is 2. The maximum absolute atomic E-state index is 12.4. The van der Waals surface area contributed by atoms with Gasteiger partial charge in [0, 0.05) is 5.92 Å². The quantitative estimate of drug-likeness (QED) is 0.741. The Morgan fingerprint density at radius 2 is 1.76 bits per heavy atom. The van der Waals surface area contributed by atoms with Crippen molar-refractivity contribution in [2.24, 2.45) is 23.7 Å². The predicted molar refractivity (Wildman–Crippen MR) is 75.2 cm³/mol. The topological polar surface area (TPSA) is 69.7 Å². The SMILES string of the molecule is CCOC(=O)[C@@H]1[C@H](C(=O)OCC)C[C@H]2C=C(C)C(=O)[C@@H]1C2. The Bertz CT molecular complexity index is 479. The Hall–Kier alpha value is -1.65. The summed E-state index contributed by atoms with van der Waals surface area (Å²) in [5, 5.41) is 0. The third-order valence-corrected chi connectivity index (χ3v) is 4.34. The second-order valence-electron chi connectivity index (χ2n) is 5.69. The van der Waals surface area contributed by atoms with Crippen LogP contribution in [0.15, 0.2) is 11.6 Å². The largest absolute Gasteiger partial charge is 0.466 e. The first kappa shape index (κ1) is 15.7. The molecule has 5 heteroatoms. The van der Waals surface area contributed by atoms with Gasteiger partial charge in [-0.25, -0.2) is 0 Å². The van der Waals surface area contributed by atoms with Gasteiger partial charge in [0.05, 0.1) is 25.0 Å². The van der Waals surface area contributed by atoms with Gasteiger partial charge < -0.3 is 9.47 Å². The molecule has 5 nitrogen and oxygen atoms in total. The predicted octanol–water partition coefficient (Wildman–Crippen LogP) is 1.90. The van der Waals surface area contributed by atoms with E-state index in [0.29, 0.717) is 18.4 Å². The fourth-order valence-corrected chi connectivity index (χ4v) is 3.52. The zero-order valence-electron chi connectivity index (χ0n) is 12.8. The van der Waals surface area contributed by atoms with Crippen molar-refractivity contribution in [1.82, 2.24) is 0 Å². The zero-order chi connectivity index (χ0) is 15.6. The Morgan fingerprint density at radius 3 is 2.38 bits per heavy atom. The van der Waals surface area contributed by atoms with Gasteiger partial charge >= 0.3 is 11.9 Å². The summed E-state index contributed by atoms with van der Waals surface area (Å²) in [6.07, 6.45) is 3.09. The minimum absolute atomic E-state index is 0.0432. The number of hydrogen-bond donors (Lipinski definition) is 0. The Labute approximate surface area is 124 Å². The van der Waals surface area contributed by atoms with E-state index in [-0.39, 0.29) is 24.9 Å². The molecule has 21 heavy (non-hydrogen) atoms. The van der Waals surface area contributed by atoms with Crippen molar-refractivity contribution in [3.63, 3.8) is 0 Å². The van der Waals surface area contributed by atoms with Crippen molar-refractivity contribution in [2.75, 3.05) is 13.2 Å². The normalized spacial score (nSPS) is 31.4. The third kappa shape index (κ3) is 3.01. The molecule has 1 fully saturated rings. The molecule has 0 aliphatic heterocycles. The zero-order valence-corrected chi connectivity index (χ0v) is 12.8. The first-order valence-corrected chi connectivity index (χ1v) is 7.55. The van der Waals surface area contributed by atoms with E-state index in [0.717, 1.165) is 0 Å². The summed E-state index contributed by atoms with van der Waals surface area (Å²) in [5.74, 6) is -2.49. The fraction of sp³-hybridized carbons (Fsp3) is 0.688. The monoisotopic (exact) mass is 294 g/mol. The maximum Gasteiger partial charge on any atom is 0.310 e. The number of hydrogen-bond acceptors (Lipinski definition) is 5. The highest BCUT2D eigenvalue weighted by Gasteiger charge is 2.50. The molecule has 0 saturated heterocycles. The maximum atomic E-state index is 12.4. The van der Waals surface area contributed by atoms with E-state index in [2.05, 4.69) is 0 Å². The average Bonchev–Trinajstić information content (AvgIpc) is 2.44. The van der Waals surface area contributed by atoms with E-state index < -0.39 is 29.7 Å². The smallest absolute Gasteiger partial charge is 0.310 e. The van der Waals surface area contributed by atoms with Crippen molar-refractivity contribution < 1.29 is 23.9 Å². The molecule has 2 bridgehead atoms. The van der Waals surface area contributed by atoms with Gasteiger partial charge in [-0.15, -0.1) is 0 Å². The summed E-state index contributed by atoms with van der Waals surface area (Å²) in [6.45, 7) is 5.73. The van der Waals surface area contributed by atoms with E-state index in [4.69, 9.17) is 9.47 Å². The van der Waals surface area contributed by atoms with Crippen LogP contribution in [0.3, 0.4) is 0 Å². The van der Waals surface area contributed by atoms with Crippen molar-refractivity contribution >= 4 is 17.7 Å². The van der Waals surface area contributed by atoms with Crippen molar-refractivity contribution in [1.29, 1.82) is 0 Å². The van der Waals surface area contributed by atoms with Crippen LogP contribution < -0.4 is 0 Å². The molecule has 0 aromatic carbocycles. The first-order valence-electron chi connectivity index (χ1n) is 7.55. The molecule has 0 N–H and O–H groups in total. The fourth-order valence-electron chi connectivity index (χ4n) is 3.52. The Balaban J connectivity index is 2.33. The van der Waals surface area contributed by atoms with Gasteiger partial charge in [0.2, 0.25) is 0 Å². The lowest BCUT2D eigenvalue weighted by Gasteiger charge is -2.40. The van der Waals surface area contributed by atoms with Crippen LogP contribution in [0.1, 0.15) is 33.6 Å². The lowest BCUT2D eigenvalue weighted by atomic mass is 9.62. The van der Waals surface area contributed by atoms with Gasteiger partial charge in [-0.05, 0) is 45.1 Å². The summed E-state index contributed by atoms with van der Waals surface area (Å²) >= 11 is 0. The molecule has 0 spiro atoms. The molecule has 2 rings (SSSR count). The summed E-state index contributed by atoms with van der Waals surface area (Å²) < 4.78 is 10.2. The van der Waals surface area contributed by atoms with E-state index >= 15 is 0 Å². The van der Waals surface area contributed by atoms with Gasteiger partial charge in [-0.1, -0.05) is 6.08 Å². The minimum atomic E-state index is -0.712. The number of esters is 2. The van der Waals surface area contributed by atoms with Crippen molar-refractivity contribution in [3.8, 4) is 0 Å². The standard InChI is InChI=1S/C16H22O5/c1-4-20-15(18)12-8-10-6-9(3)14(17)11(7-10)13(12)16(19)21-5-2/h6,10-13H,4-5,7-8H2,1-3H3/t10-,11+,12+,13-/m0/s1. The second-order valence-corrected chi connectivity index (χ2v) is 5.69. The van der Waals surface area contributed by atoms with Crippen LogP contribution in [0.25, 0.3) is 0 Å². The first-order chi connectivity index (χ1) is 9.99. The minimum Gasteiger partial charge on any atom is -0.466 e. The highest BCUT2D eigenvalue weighted by Crippen LogP contribution is 2.44. The summed E-state index contributed by atoms with van der Waals surface area (Å²) in [6, 6.07) is 0. The highest BCUT2D eigenvalue weighted by atomic mass is 16.5. The molecule has 0 heterocycles. The number of fused-ring (bicyclic) bond motifs is 2. The molecule has 0 aromatic rings. The van der Waals surface area contributed by atoms with E-state index in [1.807, 2.05) is 6.08 Å². The summed E-state index contributed by atoms with van der Waals surface area (Å²) in [5.41, 5.74) is 0.688. The Morgan fingerprint density at radius 1 is 1.14 bits per heavy atom. The van der Waals surface area contributed by atoms with Crippen LogP contribution in [0.2, 0.25) is 0 Å². The molecule has 2 aliphatic rings. The number of carbonyl (C=O) groups is 3. The Kier molecular flexibility index (Phi) is 4.80.